The van der Waals surface area contributed by atoms with Gasteiger partial charge in [0.1, 0.15) is 6.07 Å². The maximum Gasteiger partial charge on any atom is 0.266 e. The maximum absolute atomic E-state index is 13.8. The highest BCUT2D eigenvalue weighted by molar-refractivity contribution is 6.31. The van der Waals surface area contributed by atoms with Crippen molar-refractivity contribution in [3.8, 4) is 6.07 Å². The molecule has 10 heteroatoms. The molecule has 1 fully saturated rings. The van der Waals surface area contributed by atoms with Crippen LogP contribution in [-0.4, -0.2) is 44.6 Å². The fourth-order valence-electron chi connectivity index (χ4n) is 3.25. The predicted octanol–water partition coefficient (Wildman–Crippen LogP) is 2.57. The number of imidazole rings is 1. The first kappa shape index (κ1) is 18.5. The van der Waals surface area contributed by atoms with Crippen molar-refractivity contribution < 1.29 is 8.78 Å². The summed E-state index contributed by atoms with van der Waals surface area (Å²) in [4.78, 5) is 14.7. The van der Waals surface area contributed by atoms with E-state index in [9.17, 15) is 8.78 Å². The van der Waals surface area contributed by atoms with Crippen LogP contribution in [0.1, 0.15) is 17.8 Å². The van der Waals surface area contributed by atoms with Crippen molar-refractivity contribution in [3.63, 3.8) is 0 Å². The number of rotatable bonds is 3. The van der Waals surface area contributed by atoms with Gasteiger partial charge in [0, 0.05) is 24.5 Å². The normalized spacial score (nSPS) is 19.0. The molecule has 0 radical (unpaired) electrons. The molecule has 144 valence electrons. The van der Waals surface area contributed by atoms with Crippen molar-refractivity contribution in [1.82, 2.24) is 19.5 Å². The van der Waals surface area contributed by atoms with E-state index in [4.69, 9.17) is 22.6 Å². The van der Waals surface area contributed by atoms with Gasteiger partial charge in [-0.15, -0.1) is 0 Å². The minimum absolute atomic E-state index is 0.0108. The molecule has 0 unspecified atom stereocenters. The second kappa shape index (κ2) is 6.96. The number of piperidine rings is 1. The number of hydrogen-bond acceptors (Lipinski definition) is 6. The summed E-state index contributed by atoms with van der Waals surface area (Å²) in [6.45, 7) is 0.424. The molecule has 4 rings (SSSR count). The van der Waals surface area contributed by atoms with Gasteiger partial charge in [-0.25, -0.2) is 18.7 Å². The molecule has 28 heavy (non-hydrogen) atoms. The van der Waals surface area contributed by atoms with Crippen LogP contribution in [0.3, 0.4) is 0 Å². The number of aromatic nitrogens is 4. The first-order chi connectivity index (χ1) is 13.4. The Balaban J connectivity index is 1.75. The first-order valence-corrected chi connectivity index (χ1v) is 9.00. The fourth-order valence-corrected chi connectivity index (χ4v) is 3.42. The summed E-state index contributed by atoms with van der Waals surface area (Å²) in [7, 11) is 0. The molecule has 1 saturated heterocycles. The molecule has 0 spiro atoms. The number of fused-ring (bicyclic) bond motifs is 1. The summed E-state index contributed by atoms with van der Waals surface area (Å²) in [6, 6.07) is 5.92. The van der Waals surface area contributed by atoms with Crippen molar-refractivity contribution in [1.29, 1.82) is 5.26 Å². The zero-order valence-electron chi connectivity index (χ0n) is 14.7. The SMILES string of the molecule is N#Cc1cnc(Cn2c(N3CCC(F)(F)[C@H](N)C3)nc3ccc(Cl)cc32)cn1. The lowest BCUT2D eigenvalue weighted by Gasteiger charge is -2.37. The molecule has 1 aromatic carbocycles. The lowest BCUT2D eigenvalue weighted by molar-refractivity contribution is -0.0395. The minimum atomic E-state index is -2.89. The number of benzene rings is 1. The summed E-state index contributed by atoms with van der Waals surface area (Å²) in [6.07, 6.45) is 2.56. The highest BCUT2D eigenvalue weighted by Crippen LogP contribution is 2.32. The van der Waals surface area contributed by atoms with E-state index in [0.717, 1.165) is 5.52 Å². The summed E-state index contributed by atoms with van der Waals surface area (Å²) in [5, 5.41) is 9.41. The first-order valence-electron chi connectivity index (χ1n) is 8.62. The minimum Gasteiger partial charge on any atom is -0.340 e. The third kappa shape index (κ3) is 3.37. The number of nitrogens with two attached hydrogens (primary N) is 1. The predicted molar refractivity (Wildman–Crippen MR) is 100 cm³/mol. The molecule has 3 heterocycles. The van der Waals surface area contributed by atoms with Gasteiger partial charge in [-0.2, -0.15) is 5.26 Å². The van der Waals surface area contributed by atoms with Gasteiger partial charge >= 0.3 is 0 Å². The van der Waals surface area contributed by atoms with Crippen LogP contribution in [0, 0.1) is 11.3 Å². The zero-order valence-corrected chi connectivity index (χ0v) is 15.4. The van der Waals surface area contributed by atoms with E-state index in [1.807, 2.05) is 10.6 Å². The number of nitrogens with zero attached hydrogens (tertiary/aromatic N) is 6. The lowest BCUT2D eigenvalue weighted by atomic mass is 10.0. The topological polar surface area (TPSA) is 96.7 Å². The van der Waals surface area contributed by atoms with E-state index in [0.29, 0.717) is 28.7 Å². The highest BCUT2D eigenvalue weighted by Gasteiger charge is 2.42. The maximum atomic E-state index is 13.8. The van der Waals surface area contributed by atoms with Crippen LogP contribution in [0.5, 0.6) is 0 Å². The van der Waals surface area contributed by atoms with E-state index in [1.165, 1.54) is 12.4 Å². The summed E-state index contributed by atoms with van der Waals surface area (Å²) < 4.78 is 29.5. The third-order valence-electron chi connectivity index (χ3n) is 4.79. The van der Waals surface area contributed by atoms with E-state index in [1.54, 1.807) is 23.1 Å². The van der Waals surface area contributed by atoms with Crippen LogP contribution in [0.4, 0.5) is 14.7 Å². The summed E-state index contributed by atoms with van der Waals surface area (Å²) in [5.41, 5.74) is 7.94. The number of nitriles is 1. The molecule has 0 bridgehead atoms. The molecule has 0 amide bonds. The third-order valence-corrected chi connectivity index (χ3v) is 5.02. The van der Waals surface area contributed by atoms with Crippen molar-refractivity contribution in [2.24, 2.45) is 5.73 Å². The van der Waals surface area contributed by atoms with Gasteiger partial charge in [-0.1, -0.05) is 11.6 Å². The lowest BCUT2D eigenvalue weighted by Crippen LogP contribution is -2.55. The number of hydrogen-bond donors (Lipinski definition) is 1. The van der Waals surface area contributed by atoms with Crippen molar-refractivity contribution in [2.75, 3.05) is 18.0 Å². The second-order valence-electron chi connectivity index (χ2n) is 6.70. The van der Waals surface area contributed by atoms with Crippen LogP contribution in [0.2, 0.25) is 5.02 Å². The van der Waals surface area contributed by atoms with Crippen molar-refractivity contribution in [2.45, 2.75) is 24.9 Å². The Morgan fingerprint density at radius 3 is 2.82 bits per heavy atom. The Labute approximate surface area is 164 Å². The number of halogens is 3. The second-order valence-corrected chi connectivity index (χ2v) is 7.14. The van der Waals surface area contributed by atoms with Crippen LogP contribution in [-0.2, 0) is 6.54 Å². The zero-order chi connectivity index (χ0) is 19.9. The Kier molecular flexibility index (Phi) is 4.61. The molecule has 3 aromatic rings. The largest absolute Gasteiger partial charge is 0.340 e. The molecule has 1 aliphatic heterocycles. The van der Waals surface area contributed by atoms with E-state index in [-0.39, 0.29) is 25.2 Å². The molecule has 1 aliphatic rings. The quantitative estimate of drug-likeness (QED) is 0.722. The van der Waals surface area contributed by atoms with Crippen molar-refractivity contribution >= 4 is 28.6 Å². The molecule has 1 atom stereocenters. The van der Waals surface area contributed by atoms with Gasteiger partial charge in [0.15, 0.2) is 5.69 Å². The molecule has 0 saturated carbocycles. The molecular formula is C18H16ClF2N7. The molecule has 7 nitrogen and oxygen atoms in total. The van der Waals surface area contributed by atoms with E-state index in [2.05, 4.69) is 15.0 Å². The number of anilines is 1. The standard InChI is InChI=1S/C18H16ClF2N7/c19-11-1-2-14-15(5-11)28(9-13-8-24-12(6-22)7-25-13)17(26-14)27-4-3-18(20,21)16(23)10-27/h1-2,5,7-8,16H,3-4,9-10,23H2/t16-/m1/s1. The Hall–Kier alpha value is -2.83. The van der Waals surface area contributed by atoms with Gasteiger partial charge < -0.3 is 15.2 Å². The number of alkyl halides is 2. The van der Waals surface area contributed by atoms with Crippen LogP contribution in [0.25, 0.3) is 11.0 Å². The van der Waals surface area contributed by atoms with Gasteiger partial charge in [0.05, 0.1) is 41.7 Å². The van der Waals surface area contributed by atoms with Gasteiger partial charge in [-0.3, -0.25) is 4.98 Å². The van der Waals surface area contributed by atoms with Crippen LogP contribution < -0.4 is 10.6 Å². The Morgan fingerprint density at radius 1 is 1.32 bits per heavy atom. The Bertz CT molecular complexity index is 1060. The Morgan fingerprint density at radius 2 is 2.14 bits per heavy atom. The monoisotopic (exact) mass is 403 g/mol. The van der Waals surface area contributed by atoms with Crippen molar-refractivity contribution in [3.05, 3.63) is 47.0 Å². The fraction of sp³-hybridized carbons (Fsp3) is 0.333. The highest BCUT2D eigenvalue weighted by atomic mass is 35.5. The van der Waals surface area contributed by atoms with Gasteiger partial charge in [-0.05, 0) is 18.2 Å². The van der Waals surface area contributed by atoms with Crippen LogP contribution >= 0.6 is 11.6 Å². The molecule has 0 aliphatic carbocycles. The molecular weight excluding hydrogens is 388 g/mol. The van der Waals surface area contributed by atoms with E-state index >= 15 is 0 Å². The van der Waals surface area contributed by atoms with Gasteiger partial charge in [0.25, 0.3) is 5.92 Å². The summed E-state index contributed by atoms with van der Waals surface area (Å²) in [5.74, 6) is -2.37. The molecule has 2 N–H and O–H groups in total. The summed E-state index contributed by atoms with van der Waals surface area (Å²) >= 11 is 6.15. The smallest absolute Gasteiger partial charge is 0.266 e. The van der Waals surface area contributed by atoms with Crippen LogP contribution in [0.15, 0.2) is 30.6 Å². The molecule has 2 aromatic heterocycles. The van der Waals surface area contributed by atoms with Gasteiger partial charge in [0.2, 0.25) is 5.95 Å². The average molecular weight is 404 g/mol. The van der Waals surface area contributed by atoms with E-state index < -0.39 is 12.0 Å². The average Bonchev–Trinajstić information content (AvgIpc) is 3.02.